The monoisotopic (exact) mass is 484 g/mol. The smallest absolute Gasteiger partial charge is 0.271 e. The fourth-order valence-electron chi connectivity index (χ4n) is 2.79. The van der Waals surface area contributed by atoms with Crippen molar-refractivity contribution >= 4 is 40.2 Å². The molecular formula is C20H13Cl2F3N4OS. The number of rotatable bonds is 6. The Labute approximate surface area is 188 Å². The lowest BCUT2D eigenvalue weighted by Crippen LogP contribution is -2.08. The van der Waals surface area contributed by atoms with E-state index in [-0.39, 0.29) is 28.0 Å². The third kappa shape index (κ3) is 4.26. The summed E-state index contributed by atoms with van der Waals surface area (Å²) in [7, 11) is 0. The fourth-order valence-corrected chi connectivity index (χ4v) is 4.17. The van der Waals surface area contributed by atoms with Gasteiger partial charge in [0.2, 0.25) is 0 Å². The maximum absolute atomic E-state index is 14.3. The summed E-state index contributed by atoms with van der Waals surface area (Å²) < 4.78 is 48.3. The van der Waals surface area contributed by atoms with Crippen molar-refractivity contribution in [3.05, 3.63) is 64.7 Å². The van der Waals surface area contributed by atoms with Gasteiger partial charge in [-0.2, -0.15) is 0 Å². The maximum atomic E-state index is 14.3. The topological polar surface area (TPSA) is 52.3 Å². The van der Waals surface area contributed by atoms with Gasteiger partial charge in [-0.05, 0) is 12.1 Å². The summed E-state index contributed by atoms with van der Waals surface area (Å²) in [4.78, 5) is 4.36. The SMILES string of the molecule is C=CCOc1cc(Cl)c(-c2nnc(-c3cn4cc(C(C)(F)F)cc(Cl)c4n3)s2)cc1F. The molecule has 3 aromatic heterocycles. The highest BCUT2D eigenvalue weighted by atomic mass is 35.5. The molecule has 4 rings (SSSR count). The van der Waals surface area contributed by atoms with Crippen molar-refractivity contribution < 1.29 is 17.9 Å². The molecule has 0 atom stereocenters. The van der Waals surface area contributed by atoms with Crippen molar-refractivity contribution in [2.45, 2.75) is 12.8 Å². The zero-order valence-corrected chi connectivity index (χ0v) is 18.2. The van der Waals surface area contributed by atoms with Crippen LogP contribution in [0.4, 0.5) is 13.2 Å². The van der Waals surface area contributed by atoms with Gasteiger partial charge in [-0.1, -0.05) is 47.2 Å². The Kier molecular flexibility index (Phi) is 5.67. The molecule has 0 unspecified atom stereocenters. The number of imidazole rings is 1. The molecule has 0 saturated heterocycles. The summed E-state index contributed by atoms with van der Waals surface area (Å²) in [5.74, 6) is -3.66. The lowest BCUT2D eigenvalue weighted by atomic mass is 10.2. The molecular weight excluding hydrogens is 472 g/mol. The summed E-state index contributed by atoms with van der Waals surface area (Å²) in [6.45, 7) is 4.44. The lowest BCUT2D eigenvalue weighted by Gasteiger charge is -2.11. The number of fused-ring (bicyclic) bond motifs is 1. The average molecular weight is 485 g/mol. The molecule has 0 bridgehead atoms. The second-order valence-electron chi connectivity index (χ2n) is 6.60. The van der Waals surface area contributed by atoms with Gasteiger partial charge < -0.3 is 9.14 Å². The molecule has 0 spiro atoms. The molecule has 31 heavy (non-hydrogen) atoms. The van der Waals surface area contributed by atoms with E-state index in [1.807, 2.05) is 0 Å². The van der Waals surface area contributed by atoms with Gasteiger partial charge in [-0.3, -0.25) is 0 Å². The van der Waals surface area contributed by atoms with E-state index in [0.29, 0.717) is 26.9 Å². The molecule has 0 N–H and O–H groups in total. The van der Waals surface area contributed by atoms with Crippen molar-refractivity contribution in [3.63, 3.8) is 0 Å². The molecule has 0 aliphatic carbocycles. The summed E-state index contributed by atoms with van der Waals surface area (Å²) in [5.41, 5.74) is 0.774. The molecule has 0 saturated carbocycles. The van der Waals surface area contributed by atoms with E-state index in [9.17, 15) is 13.2 Å². The summed E-state index contributed by atoms with van der Waals surface area (Å²) >= 11 is 13.5. The average Bonchev–Trinajstić information content (AvgIpc) is 3.34. The maximum Gasteiger partial charge on any atom is 0.271 e. The first-order valence-electron chi connectivity index (χ1n) is 8.81. The van der Waals surface area contributed by atoms with E-state index < -0.39 is 11.7 Å². The van der Waals surface area contributed by atoms with E-state index in [2.05, 4.69) is 21.8 Å². The van der Waals surface area contributed by atoms with Gasteiger partial charge in [0.25, 0.3) is 5.92 Å². The molecule has 160 valence electrons. The number of hydrogen-bond acceptors (Lipinski definition) is 5. The Bertz CT molecular complexity index is 1300. The first kappa shape index (κ1) is 21.6. The Morgan fingerprint density at radius 1 is 1.16 bits per heavy atom. The zero-order chi connectivity index (χ0) is 22.3. The van der Waals surface area contributed by atoms with Crippen LogP contribution in [0.3, 0.4) is 0 Å². The second-order valence-corrected chi connectivity index (χ2v) is 8.39. The Morgan fingerprint density at radius 2 is 1.90 bits per heavy atom. The predicted molar refractivity (Wildman–Crippen MR) is 115 cm³/mol. The van der Waals surface area contributed by atoms with Crippen LogP contribution >= 0.6 is 34.5 Å². The van der Waals surface area contributed by atoms with Crippen molar-refractivity contribution in [1.29, 1.82) is 0 Å². The predicted octanol–water partition coefficient (Wildman–Crippen LogP) is 6.64. The number of ether oxygens (including phenoxy) is 1. The minimum absolute atomic E-state index is 0.00286. The third-order valence-corrected chi connectivity index (χ3v) is 5.84. The molecule has 3 heterocycles. The van der Waals surface area contributed by atoms with Gasteiger partial charge in [-0.25, -0.2) is 18.2 Å². The van der Waals surface area contributed by atoms with E-state index >= 15 is 0 Å². The number of pyridine rings is 1. The van der Waals surface area contributed by atoms with Gasteiger partial charge >= 0.3 is 0 Å². The van der Waals surface area contributed by atoms with Crippen LogP contribution in [0.5, 0.6) is 5.75 Å². The standard InChI is InChI=1S/C20H13Cl2F3N4OS/c1-3-4-30-16-7-12(21)11(6-14(16)23)18-27-28-19(31-18)15-9-29-8-10(20(2,24)25)5-13(22)17(29)26-15/h3,5-9H,1,4H2,2H3. The third-order valence-electron chi connectivity index (χ3n) is 4.27. The van der Waals surface area contributed by atoms with Crippen molar-refractivity contribution in [2.24, 2.45) is 0 Å². The van der Waals surface area contributed by atoms with Crippen LogP contribution in [0.2, 0.25) is 10.0 Å². The van der Waals surface area contributed by atoms with Gasteiger partial charge in [0.15, 0.2) is 22.2 Å². The van der Waals surface area contributed by atoms with E-state index in [1.54, 1.807) is 0 Å². The van der Waals surface area contributed by atoms with Crippen LogP contribution in [0.25, 0.3) is 26.9 Å². The molecule has 0 amide bonds. The van der Waals surface area contributed by atoms with Crippen molar-refractivity contribution in [3.8, 4) is 27.0 Å². The molecule has 0 aliphatic rings. The zero-order valence-electron chi connectivity index (χ0n) is 15.9. The van der Waals surface area contributed by atoms with Crippen LogP contribution in [-0.4, -0.2) is 26.2 Å². The molecule has 4 aromatic rings. The summed E-state index contributed by atoms with van der Waals surface area (Å²) in [5, 5.41) is 9.20. The lowest BCUT2D eigenvalue weighted by molar-refractivity contribution is 0.0170. The highest BCUT2D eigenvalue weighted by Gasteiger charge is 2.26. The molecule has 11 heteroatoms. The number of hydrogen-bond donors (Lipinski definition) is 0. The first-order valence-corrected chi connectivity index (χ1v) is 10.4. The summed E-state index contributed by atoms with van der Waals surface area (Å²) in [6, 6.07) is 3.74. The largest absolute Gasteiger partial charge is 0.486 e. The van der Waals surface area contributed by atoms with Crippen LogP contribution < -0.4 is 4.74 Å². The van der Waals surface area contributed by atoms with Crippen LogP contribution in [-0.2, 0) is 5.92 Å². The quantitative estimate of drug-likeness (QED) is 0.287. The van der Waals surface area contributed by atoms with Crippen LogP contribution in [0.15, 0.2) is 43.2 Å². The second kappa shape index (κ2) is 8.14. The highest BCUT2D eigenvalue weighted by molar-refractivity contribution is 7.18. The number of aromatic nitrogens is 4. The molecule has 0 aliphatic heterocycles. The van der Waals surface area contributed by atoms with Crippen molar-refractivity contribution in [1.82, 2.24) is 19.6 Å². The number of alkyl halides is 2. The Morgan fingerprint density at radius 3 is 2.61 bits per heavy atom. The first-order chi connectivity index (χ1) is 14.7. The van der Waals surface area contributed by atoms with Gasteiger partial charge in [0.05, 0.1) is 10.0 Å². The normalized spacial score (nSPS) is 11.8. The van der Waals surface area contributed by atoms with Crippen molar-refractivity contribution in [2.75, 3.05) is 6.61 Å². The molecule has 0 radical (unpaired) electrons. The van der Waals surface area contributed by atoms with Crippen LogP contribution in [0, 0.1) is 5.82 Å². The fraction of sp³-hybridized carbons (Fsp3) is 0.150. The number of benzene rings is 1. The van der Waals surface area contributed by atoms with Gasteiger partial charge in [-0.15, -0.1) is 10.2 Å². The van der Waals surface area contributed by atoms with Crippen LogP contribution in [0.1, 0.15) is 12.5 Å². The van der Waals surface area contributed by atoms with Gasteiger partial charge in [0.1, 0.15) is 17.3 Å². The van der Waals surface area contributed by atoms with E-state index in [4.69, 9.17) is 27.9 Å². The minimum atomic E-state index is -3.06. The minimum Gasteiger partial charge on any atom is -0.486 e. The molecule has 0 fully saturated rings. The Balaban J connectivity index is 1.71. The molecule has 1 aromatic carbocycles. The number of nitrogens with zero attached hydrogens (tertiary/aromatic N) is 4. The van der Waals surface area contributed by atoms with E-state index in [0.717, 1.165) is 18.3 Å². The Hall–Kier alpha value is -2.62. The number of halogens is 5. The van der Waals surface area contributed by atoms with Gasteiger partial charge in [0, 0.05) is 36.5 Å². The van der Waals surface area contributed by atoms with E-state index in [1.165, 1.54) is 41.1 Å². The summed E-state index contributed by atoms with van der Waals surface area (Å²) in [6.07, 6.45) is 4.27. The highest BCUT2D eigenvalue weighted by Crippen LogP contribution is 2.37. The molecule has 5 nitrogen and oxygen atoms in total.